The number of likely N-dealkylation sites (tertiary alicyclic amines) is 1. The Labute approximate surface area is 88.3 Å². The average molecular weight is 199 g/mol. The van der Waals surface area contributed by atoms with Crippen LogP contribution in [-0.4, -0.2) is 35.2 Å². The first kappa shape index (κ1) is 12.0. The Morgan fingerprint density at radius 1 is 1.14 bits per heavy atom. The molecule has 1 aliphatic heterocycles. The summed E-state index contributed by atoms with van der Waals surface area (Å²) in [5, 5.41) is 8.97. The fourth-order valence-corrected chi connectivity index (χ4v) is 1.95. The van der Waals surface area contributed by atoms with Gasteiger partial charge >= 0.3 is 0 Å². The molecule has 2 heteroatoms. The van der Waals surface area contributed by atoms with Gasteiger partial charge in [-0.25, -0.2) is 0 Å². The number of nitrogens with zero attached hydrogens (tertiary/aromatic N) is 1. The van der Waals surface area contributed by atoms with Crippen LogP contribution in [0.3, 0.4) is 0 Å². The van der Waals surface area contributed by atoms with Crippen molar-refractivity contribution in [1.29, 1.82) is 0 Å². The Balaban J connectivity index is 2.41. The van der Waals surface area contributed by atoms with E-state index in [1.165, 1.54) is 13.1 Å². The molecule has 14 heavy (non-hydrogen) atoms. The molecular formula is C12H25NO. The van der Waals surface area contributed by atoms with E-state index in [1.807, 2.05) is 0 Å². The zero-order valence-corrected chi connectivity index (χ0v) is 10.3. The van der Waals surface area contributed by atoms with E-state index < -0.39 is 0 Å². The third-order valence-corrected chi connectivity index (χ3v) is 3.69. The van der Waals surface area contributed by atoms with E-state index in [9.17, 15) is 0 Å². The van der Waals surface area contributed by atoms with Gasteiger partial charge in [-0.2, -0.15) is 0 Å². The summed E-state index contributed by atoms with van der Waals surface area (Å²) in [7, 11) is 0. The molecule has 1 saturated heterocycles. The van der Waals surface area contributed by atoms with Crippen molar-refractivity contribution in [2.24, 2.45) is 11.3 Å². The summed E-state index contributed by atoms with van der Waals surface area (Å²) >= 11 is 0. The van der Waals surface area contributed by atoms with E-state index in [4.69, 9.17) is 5.11 Å². The van der Waals surface area contributed by atoms with Crippen LogP contribution in [0.25, 0.3) is 0 Å². The Kier molecular flexibility index (Phi) is 3.27. The Morgan fingerprint density at radius 2 is 1.64 bits per heavy atom. The molecule has 0 unspecified atom stereocenters. The number of rotatable bonds is 3. The lowest BCUT2D eigenvalue weighted by atomic mass is 9.74. The average Bonchev–Trinajstić information content (AvgIpc) is 1.76. The van der Waals surface area contributed by atoms with Crippen LogP contribution in [0.2, 0.25) is 0 Å². The van der Waals surface area contributed by atoms with Crippen molar-refractivity contribution >= 4 is 0 Å². The molecule has 1 N–H and O–H groups in total. The summed E-state index contributed by atoms with van der Waals surface area (Å²) in [6, 6.07) is 0. The fraction of sp³-hybridized carbons (Fsp3) is 1.00. The van der Waals surface area contributed by atoms with Crippen LogP contribution in [0.5, 0.6) is 0 Å². The lowest BCUT2D eigenvalue weighted by molar-refractivity contribution is -0.0497. The van der Waals surface area contributed by atoms with Crippen molar-refractivity contribution < 1.29 is 5.11 Å². The summed E-state index contributed by atoms with van der Waals surface area (Å²) < 4.78 is 0. The number of aliphatic hydroxyl groups is 1. The Morgan fingerprint density at radius 3 is 2.00 bits per heavy atom. The van der Waals surface area contributed by atoms with Gasteiger partial charge in [0.15, 0.2) is 0 Å². The highest BCUT2D eigenvalue weighted by molar-refractivity contribution is 4.95. The molecule has 1 heterocycles. The standard InChI is InChI=1S/C12H25NO/c1-11(2,3)10-8-13(9-10)12(4,5)6-7-14/h10,14H,6-9H2,1-5H3. The molecule has 0 atom stereocenters. The summed E-state index contributed by atoms with van der Waals surface area (Å²) in [5.41, 5.74) is 0.613. The van der Waals surface area contributed by atoms with Crippen LogP contribution in [0.15, 0.2) is 0 Å². The van der Waals surface area contributed by atoms with Crippen molar-refractivity contribution in [3.05, 3.63) is 0 Å². The van der Waals surface area contributed by atoms with E-state index in [0.717, 1.165) is 12.3 Å². The summed E-state index contributed by atoms with van der Waals surface area (Å²) in [4.78, 5) is 2.49. The van der Waals surface area contributed by atoms with Crippen LogP contribution in [0.1, 0.15) is 41.0 Å². The van der Waals surface area contributed by atoms with E-state index in [1.54, 1.807) is 0 Å². The van der Waals surface area contributed by atoms with E-state index in [0.29, 0.717) is 12.0 Å². The number of hydrogen-bond acceptors (Lipinski definition) is 2. The van der Waals surface area contributed by atoms with Crippen LogP contribution in [0, 0.1) is 11.3 Å². The van der Waals surface area contributed by atoms with Crippen LogP contribution < -0.4 is 0 Å². The molecule has 0 aromatic rings. The van der Waals surface area contributed by atoms with Crippen LogP contribution in [-0.2, 0) is 0 Å². The molecule has 84 valence electrons. The van der Waals surface area contributed by atoms with Gasteiger partial charge in [0.25, 0.3) is 0 Å². The molecule has 0 spiro atoms. The highest BCUT2D eigenvalue weighted by Gasteiger charge is 2.41. The van der Waals surface area contributed by atoms with E-state index >= 15 is 0 Å². The third-order valence-electron chi connectivity index (χ3n) is 3.69. The zero-order chi connectivity index (χ0) is 11.0. The summed E-state index contributed by atoms with van der Waals surface area (Å²) in [6.07, 6.45) is 0.879. The molecule has 0 aromatic heterocycles. The van der Waals surface area contributed by atoms with Crippen LogP contribution in [0.4, 0.5) is 0 Å². The van der Waals surface area contributed by atoms with Gasteiger partial charge in [-0.3, -0.25) is 4.90 Å². The SMILES string of the molecule is CC(C)(C)C1CN(C(C)(C)CCO)C1. The maximum absolute atomic E-state index is 8.97. The first-order valence-corrected chi connectivity index (χ1v) is 5.63. The Hall–Kier alpha value is -0.0800. The number of aliphatic hydroxyl groups excluding tert-OH is 1. The molecule has 0 bridgehead atoms. The highest BCUT2D eigenvalue weighted by Crippen LogP contribution is 2.37. The van der Waals surface area contributed by atoms with Gasteiger partial charge in [0.1, 0.15) is 0 Å². The monoisotopic (exact) mass is 199 g/mol. The second-order valence-corrected chi connectivity index (χ2v) is 6.25. The third kappa shape index (κ3) is 2.48. The largest absolute Gasteiger partial charge is 0.396 e. The summed E-state index contributed by atoms with van der Waals surface area (Å²) in [5.74, 6) is 0.820. The predicted octanol–water partition coefficient (Wildman–Crippen LogP) is 2.13. The van der Waals surface area contributed by atoms with Gasteiger partial charge in [0.05, 0.1) is 0 Å². The molecule has 0 amide bonds. The zero-order valence-electron chi connectivity index (χ0n) is 10.3. The first-order valence-electron chi connectivity index (χ1n) is 5.63. The molecule has 1 aliphatic rings. The van der Waals surface area contributed by atoms with Crippen molar-refractivity contribution in [1.82, 2.24) is 4.90 Å². The minimum atomic E-state index is 0.177. The molecule has 0 aliphatic carbocycles. The minimum absolute atomic E-state index is 0.177. The molecule has 0 radical (unpaired) electrons. The van der Waals surface area contributed by atoms with E-state index in [2.05, 4.69) is 39.5 Å². The maximum Gasteiger partial charge on any atom is 0.0448 e. The van der Waals surface area contributed by atoms with Crippen molar-refractivity contribution in [2.45, 2.75) is 46.6 Å². The topological polar surface area (TPSA) is 23.5 Å². The van der Waals surface area contributed by atoms with Gasteiger partial charge < -0.3 is 5.11 Å². The fourth-order valence-electron chi connectivity index (χ4n) is 1.95. The van der Waals surface area contributed by atoms with Gasteiger partial charge in [-0.1, -0.05) is 20.8 Å². The molecule has 0 aromatic carbocycles. The van der Waals surface area contributed by atoms with Gasteiger partial charge in [-0.15, -0.1) is 0 Å². The Bertz CT molecular complexity index is 187. The van der Waals surface area contributed by atoms with Crippen molar-refractivity contribution in [3.8, 4) is 0 Å². The molecular weight excluding hydrogens is 174 g/mol. The van der Waals surface area contributed by atoms with Crippen molar-refractivity contribution in [2.75, 3.05) is 19.7 Å². The normalized spacial score (nSPS) is 21.0. The predicted molar refractivity (Wildman–Crippen MR) is 60.3 cm³/mol. The summed E-state index contributed by atoms with van der Waals surface area (Å²) in [6.45, 7) is 14.1. The van der Waals surface area contributed by atoms with Gasteiger partial charge in [0, 0.05) is 25.2 Å². The van der Waals surface area contributed by atoms with Gasteiger partial charge in [-0.05, 0) is 31.6 Å². The lowest BCUT2D eigenvalue weighted by Crippen LogP contribution is -2.60. The van der Waals surface area contributed by atoms with Gasteiger partial charge in [0.2, 0.25) is 0 Å². The molecule has 2 nitrogen and oxygen atoms in total. The number of hydrogen-bond donors (Lipinski definition) is 1. The maximum atomic E-state index is 8.97. The smallest absolute Gasteiger partial charge is 0.0448 e. The van der Waals surface area contributed by atoms with Crippen molar-refractivity contribution in [3.63, 3.8) is 0 Å². The first-order chi connectivity index (χ1) is 6.27. The molecule has 1 fully saturated rings. The minimum Gasteiger partial charge on any atom is -0.396 e. The quantitative estimate of drug-likeness (QED) is 0.752. The molecule has 1 rings (SSSR count). The highest BCUT2D eigenvalue weighted by atomic mass is 16.3. The second-order valence-electron chi connectivity index (χ2n) is 6.25. The van der Waals surface area contributed by atoms with Crippen LogP contribution >= 0.6 is 0 Å². The van der Waals surface area contributed by atoms with E-state index in [-0.39, 0.29) is 5.54 Å². The molecule has 0 saturated carbocycles. The lowest BCUT2D eigenvalue weighted by Gasteiger charge is -2.53. The second kappa shape index (κ2) is 3.82.